The summed E-state index contributed by atoms with van der Waals surface area (Å²) in [4.78, 5) is 6.42. The lowest BCUT2D eigenvalue weighted by atomic mass is 10.0. The fourth-order valence-corrected chi connectivity index (χ4v) is 3.34. The second-order valence-corrected chi connectivity index (χ2v) is 6.33. The van der Waals surface area contributed by atoms with Gasteiger partial charge < -0.3 is 14.6 Å². The average molecular weight is 353 g/mol. The molecule has 0 aliphatic carbocycles. The van der Waals surface area contributed by atoms with Crippen LogP contribution in [0.15, 0.2) is 65.2 Å². The Kier molecular flexibility index (Phi) is 3.97. The number of aromatic nitrogens is 1. The van der Waals surface area contributed by atoms with Crippen molar-refractivity contribution in [3.63, 3.8) is 0 Å². The maximum absolute atomic E-state index is 13.1. The van der Waals surface area contributed by atoms with Gasteiger partial charge in [0, 0.05) is 18.8 Å². The van der Waals surface area contributed by atoms with Crippen molar-refractivity contribution in [2.24, 2.45) is 0 Å². The number of thiocarbonyl (C=S) groups is 1. The first-order valence-corrected chi connectivity index (χ1v) is 8.34. The molecule has 0 amide bonds. The Labute approximate surface area is 150 Å². The molecule has 4 nitrogen and oxygen atoms in total. The highest BCUT2D eigenvalue weighted by Crippen LogP contribution is 2.39. The van der Waals surface area contributed by atoms with E-state index in [-0.39, 0.29) is 17.9 Å². The van der Waals surface area contributed by atoms with Gasteiger partial charge in [-0.3, -0.25) is 4.98 Å². The van der Waals surface area contributed by atoms with E-state index in [1.807, 2.05) is 42.3 Å². The van der Waals surface area contributed by atoms with Gasteiger partial charge in [0.05, 0.1) is 11.7 Å². The van der Waals surface area contributed by atoms with E-state index in [9.17, 15) is 4.39 Å². The van der Waals surface area contributed by atoms with E-state index in [0.29, 0.717) is 10.9 Å². The number of nitrogens with one attached hydrogen (secondary N) is 1. The lowest BCUT2D eigenvalue weighted by molar-refractivity contribution is 0.310. The zero-order valence-corrected chi connectivity index (χ0v) is 14.3. The van der Waals surface area contributed by atoms with Crippen molar-refractivity contribution in [1.29, 1.82) is 0 Å². The maximum Gasteiger partial charge on any atom is 0.170 e. The summed E-state index contributed by atoms with van der Waals surface area (Å²) in [6.45, 7) is 0. The molecule has 4 rings (SSSR count). The number of benzene rings is 1. The molecule has 0 spiro atoms. The second kappa shape index (κ2) is 6.29. The molecule has 6 heteroatoms. The van der Waals surface area contributed by atoms with Gasteiger partial charge in [-0.2, -0.15) is 0 Å². The molecule has 1 aromatic carbocycles. The van der Waals surface area contributed by atoms with Crippen LogP contribution in [0.25, 0.3) is 11.3 Å². The fourth-order valence-electron chi connectivity index (χ4n) is 3.10. The highest BCUT2D eigenvalue weighted by Gasteiger charge is 2.39. The number of rotatable bonds is 3. The first-order chi connectivity index (χ1) is 12.1. The van der Waals surface area contributed by atoms with Crippen molar-refractivity contribution in [3.05, 3.63) is 78.1 Å². The van der Waals surface area contributed by atoms with E-state index in [2.05, 4.69) is 10.3 Å². The molecule has 2 aromatic heterocycles. The highest BCUT2D eigenvalue weighted by molar-refractivity contribution is 7.80. The molecule has 3 heterocycles. The number of hydrogen-bond acceptors (Lipinski definition) is 3. The van der Waals surface area contributed by atoms with Gasteiger partial charge in [0.15, 0.2) is 5.11 Å². The number of halogens is 1. The molecule has 1 aliphatic heterocycles. The summed E-state index contributed by atoms with van der Waals surface area (Å²) < 4.78 is 19.2. The Morgan fingerprint density at radius 2 is 1.92 bits per heavy atom. The van der Waals surface area contributed by atoms with E-state index in [1.54, 1.807) is 18.3 Å². The molecule has 0 radical (unpaired) electrons. The lowest BCUT2D eigenvalue weighted by Gasteiger charge is -2.21. The number of furan rings is 1. The first kappa shape index (κ1) is 15.8. The molecule has 3 aromatic rings. The van der Waals surface area contributed by atoms with E-state index in [4.69, 9.17) is 16.6 Å². The van der Waals surface area contributed by atoms with Gasteiger partial charge in [0.2, 0.25) is 0 Å². The molecule has 2 atom stereocenters. The summed E-state index contributed by atoms with van der Waals surface area (Å²) in [5, 5.41) is 3.96. The number of hydrogen-bond donors (Lipinski definition) is 1. The van der Waals surface area contributed by atoms with Crippen LogP contribution >= 0.6 is 12.2 Å². The van der Waals surface area contributed by atoms with Crippen molar-refractivity contribution >= 4 is 17.3 Å². The Hall–Kier alpha value is -2.73. The van der Waals surface area contributed by atoms with E-state index < -0.39 is 0 Å². The van der Waals surface area contributed by atoms with Crippen molar-refractivity contribution in [3.8, 4) is 11.3 Å². The SMILES string of the molecule is CN1C(=S)N[C@@H](c2ccccn2)[C@H]1c1ccc(-c2ccc(F)cc2)o1. The smallest absolute Gasteiger partial charge is 0.170 e. The molecular formula is C19H16FN3OS. The molecule has 1 aliphatic rings. The van der Waals surface area contributed by atoms with Gasteiger partial charge in [0.25, 0.3) is 0 Å². The highest BCUT2D eigenvalue weighted by atomic mass is 32.1. The zero-order valence-electron chi connectivity index (χ0n) is 13.5. The van der Waals surface area contributed by atoms with Crippen molar-refractivity contribution in [2.45, 2.75) is 12.1 Å². The van der Waals surface area contributed by atoms with Gasteiger partial charge in [-0.1, -0.05) is 6.07 Å². The molecule has 0 bridgehead atoms. The van der Waals surface area contributed by atoms with Crippen LogP contribution in [-0.4, -0.2) is 22.0 Å². The van der Waals surface area contributed by atoms with Crippen LogP contribution < -0.4 is 5.32 Å². The largest absolute Gasteiger partial charge is 0.459 e. The van der Waals surface area contributed by atoms with Crippen LogP contribution in [0, 0.1) is 5.82 Å². The molecule has 126 valence electrons. The monoisotopic (exact) mass is 353 g/mol. The minimum atomic E-state index is -0.268. The summed E-state index contributed by atoms with van der Waals surface area (Å²) in [5.74, 6) is 1.21. The quantitative estimate of drug-likeness (QED) is 0.719. The van der Waals surface area contributed by atoms with Crippen LogP contribution in [0.2, 0.25) is 0 Å². The van der Waals surface area contributed by atoms with Gasteiger partial charge >= 0.3 is 0 Å². The first-order valence-electron chi connectivity index (χ1n) is 7.93. The van der Waals surface area contributed by atoms with Crippen molar-refractivity contribution in [1.82, 2.24) is 15.2 Å². The average Bonchev–Trinajstić information content (AvgIpc) is 3.22. The fraction of sp³-hybridized carbons (Fsp3) is 0.158. The molecule has 0 saturated carbocycles. The molecule has 1 saturated heterocycles. The molecule has 0 unspecified atom stereocenters. The predicted octanol–water partition coefficient (Wildman–Crippen LogP) is 4.08. The molecule has 1 N–H and O–H groups in total. The van der Waals surface area contributed by atoms with Gasteiger partial charge in [0.1, 0.15) is 23.4 Å². The topological polar surface area (TPSA) is 41.3 Å². The van der Waals surface area contributed by atoms with Crippen molar-refractivity contribution in [2.75, 3.05) is 7.05 Å². The zero-order chi connectivity index (χ0) is 17.4. The Bertz CT molecular complexity index is 895. The Morgan fingerprint density at radius 3 is 2.64 bits per heavy atom. The second-order valence-electron chi connectivity index (χ2n) is 5.95. The summed E-state index contributed by atoms with van der Waals surface area (Å²) in [6, 6.07) is 15.7. The van der Waals surface area contributed by atoms with Crippen molar-refractivity contribution < 1.29 is 8.81 Å². The Morgan fingerprint density at radius 1 is 1.12 bits per heavy atom. The standard InChI is InChI=1S/C19H16FN3OS/c1-23-18(17(22-19(23)25)14-4-2-3-11-21-14)16-10-9-15(24-16)12-5-7-13(20)8-6-12/h2-11,17-18H,1H3,(H,22,25)/t17-,18+/m0/s1. The number of pyridine rings is 1. The molecule has 1 fully saturated rings. The normalized spacial score (nSPS) is 19.9. The summed E-state index contributed by atoms with van der Waals surface area (Å²) in [6.07, 6.45) is 1.77. The van der Waals surface area contributed by atoms with Crippen LogP contribution in [0.4, 0.5) is 4.39 Å². The number of nitrogens with zero attached hydrogens (tertiary/aromatic N) is 2. The van der Waals surface area contributed by atoms with Crippen LogP contribution in [-0.2, 0) is 0 Å². The van der Waals surface area contributed by atoms with Gasteiger partial charge in [-0.15, -0.1) is 0 Å². The van der Waals surface area contributed by atoms with Crippen LogP contribution in [0.3, 0.4) is 0 Å². The minimum Gasteiger partial charge on any atom is -0.459 e. The summed E-state index contributed by atoms with van der Waals surface area (Å²) >= 11 is 5.41. The third kappa shape index (κ3) is 2.89. The van der Waals surface area contributed by atoms with Gasteiger partial charge in [-0.25, -0.2) is 4.39 Å². The molecular weight excluding hydrogens is 337 g/mol. The summed E-state index contributed by atoms with van der Waals surface area (Å²) in [5.41, 5.74) is 1.73. The number of likely N-dealkylation sites (N-methyl/N-ethyl adjacent to an activating group) is 1. The van der Waals surface area contributed by atoms with E-state index >= 15 is 0 Å². The molecule has 25 heavy (non-hydrogen) atoms. The van der Waals surface area contributed by atoms with Gasteiger partial charge in [-0.05, 0) is 60.7 Å². The third-order valence-electron chi connectivity index (χ3n) is 4.39. The van der Waals surface area contributed by atoms with E-state index in [1.165, 1.54) is 12.1 Å². The predicted molar refractivity (Wildman–Crippen MR) is 97.3 cm³/mol. The van der Waals surface area contributed by atoms with Crippen LogP contribution in [0.1, 0.15) is 23.5 Å². The Balaban J connectivity index is 1.69. The lowest BCUT2D eigenvalue weighted by Crippen LogP contribution is -2.24. The maximum atomic E-state index is 13.1. The summed E-state index contributed by atoms with van der Waals surface area (Å²) in [7, 11) is 1.93. The minimum absolute atomic E-state index is 0.0917. The van der Waals surface area contributed by atoms with E-state index in [0.717, 1.165) is 17.0 Å². The third-order valence-corrected chi connectivity index (χ3v) is 4.79. The van der Waals surface area contributed by atoms with Crippen LogP contribution in [0.5, 0.6) is 0 Å².